The van der Waals surface area contributed by atoms with Crippen molar-refractivity contribution < 1.29 is 19.0 Å². The molecule has 0 radical (unpaired) electrons. The highest BCUT2D eigenvalue weighted by Gasteiger charge is 2.13. The number of aryl methyl sites for hydroxylation is 3. The summed E-state index contributed by atoms with van der Waals surface area (Å²) in [5, 5.41) is 0.750. The number of esters is 1. The summed E-state index contributed by atoms with van der Waals surface area (Å²) < 4.78 is 16.0. The lowest BCUT2D eigenvalue weighted by Crippen LogP contribution is -2.09. The summed E-state index contributed by atoms with van der Waals surface area (Å²) >= 11 is 1.51. The number of carbonyl (C=O) groups is 1. The molecule has 7 heteroatoms. The van der Waals surface area contributed by atoms with E-state index in [0.717, 1.165) is 33.2 Å². The highest BCUT2D eigenvalue weighted by atomic mass is 32.2. The fraction of sp³-hybridized carbons (Fsp3) is 0.450. The first-order chi connectivity index (χ1) is 12.9. The van der Waals surface area contributed by atoms with Crippen molar-refractivity contribution in [1.29, 1.82) is 0 Å². The number of aromatic nitrogens is 2. The molecule has 27 heavy (non-hydrogen) atoms. The average molecular weight is 391 g/mol. The maximum absolute atomic E-state index is 12.2. The minimum absolute atomic E-state index is 0.199. The number of rotatable bonds is 8. The monoisotopic (exact) mass is 390 g/mol. The number of carbonyl (C=O) groups excluding carboxylic acids is 1. The highest BCUT2D eigenvalue weighted by molar-refractivity contribution is 7.98. The first kappa shape index (κ1) is 21.0. The summed E-state index contributed by atoms with van der Waals surface area (Å²) in [7, 11) is 3.18. The topological polar surface area (TPSA) is 70.5 Å². The van der Waals surface area contributed by atoms with Crippen LogP contribution in [0.1, 0.15) is 34.5 Å². The van der Waals surface area contributed by atoms with Crippen LogP contribution in [0.5, 0.6) is 11.5 Å². The summed E-state index contributed by atoms with van der Waals surface area (Å²) in [6, 6.07) is 3.71. The molecule has 1 heterocycles. The third-order valence-corrected chi connectivity index (χ3v) is 4.94. The Morgan fingerprint density at radius 3 is 2.19 bits per heavy atom. The molecule has 0 N–H and O–H groups in total. The van der Waals surface area contributed by atoms with E-state index in [0.29, 0.717) is 17.9 Å². The SMILES string of the molecule is COc1cc(C)c(COC(=O)CCc2c(C)nc(SC)nc2C)cc1OC. The van der Waals surface area contributed by atoms with Crippen LogP contribution in [0.3, 0.4) is 0 Å². The Bertz CT molecular complexity index is 801. The molecule has 0 unspecified atom stereocenters. The zero-order valence-electron chi connectivity index (χ0n) is 16.7. The van der Waals surface area contributed by atoms with Crippen molar-refractivity contribution in [2.75, 3.05) is 20.5 Å². The molecule has 0 fully saturated rings. The van der Waals surface area contributed by atoms with Gasteiger partial charge >= 0.3 is 5.97 Å². The van der Waals surface area contributed by atoms with Crippen LogP contribution < -0.4 is 9.47 Å². The molecular weight excluding hydrogens is 364 g/mol. The smallest absolute Gasteiger partial charge is 0.306 e. The summed E-state index contributed by atoms with van der Waals surface area (Å²) in [6.45, 7) is 6.04. The molecule has 0 spiro atoms. The molecule has 2 aromatic rings. The van der Waals surface area contributed by atoms with Gasteiger partial charge in [0.25, 0.3) is 0 Å². The van der Waals surface area contributed by atoms with Crippen molar-refractivity contribution in [3.63, 3.8) is 0 Å². The molecule has 2 rings (SSSR count). The van der Waals surface area contributed by atoms with Gasteiger partial charge in [-0.2, -0.15) is 0 Å². The summed E-state index contributed by atoms with van der Waals surface area (Å²) in [5.74, 6) is 1.02. The Hall–Kier alpha value is -2.28. The molecule has 0 saturated heterocycles. The lowest BCUT2D eigenvalue weighted by atomic mass is 10.1. The fourth-order valence-electron chi connectivity index (χ4n) is 2.80. The lowest BCUT2D eigenvalue weighted by Gasteiger charge is -2.13. The maximum Gasteiger partial charge on any atom is 0.306 e. The number of ether oxygens (including phenoxy) is 3. The van der Waals surface area contributed by atoms with Gasteiger partial charge in [0, 0.05) is 17.8 Å². The standard InChI is InChI=1S/C20H26N2O4S/c1-12-9-17(24-4)18(25-5)10-15(12)11-26-19(23)8-7-16-13(2)21-20(27-6)22-14(16)3/h9-10H,7-8,11H2,1-6H3. The first-order valence-electron chi connectivity index (χ1n) is 8.64. The lowest BCUT2D eigenvalue weighted by molar-refractivity contribution is -0.144. The van der Waals surface area contributed by atoms with Crippen LogP contribution in [-0.2, 0) is 22.6 Å². The van der Waals surface area contributed by atoms with Gasteiger partial charge in [0.15, 0.2) is 16.7 Å². The van der Waals surface area contributed by atoms with E-state index in [2.05, 4.69) is 9.97 Å². The third kappa shape index (κ3) is 5.35. The number of hydrogen-bond acceptors (Lipinski definition) is 7. The van der Waals surface area contributed by atoms with E-state index < -0.39 is 0 Å². The minimum Gasteiger partial charge on any atom is -0.493 e. The van der Waals surface area contributed by atoms with Crippen LogP contribution in [0.4, 0.5) is 0 Å². The molecule has 1 aromatic heterocycles. The number of hydrogen-bond donors (Lipinski definition) is 0. The molecule has 0 atom stereocenters. The maximum atomic E-state index is 12.2. The van der Waals surface area contributed by atoms with Crippen LogP contribution in [0.15, 0.2) is 17.3 Å². The van der Waals surface area contributed by atoms with E-state index in [1.807, 2.05) is 39.2 Å². The van der Waals surface area contributed by atoms with Crippen molar-refractivity contribution in [3.05, 3.63) is 40.2 Å². The second-order valence-corrected chi connectivity index (χ2v) is 6.93. The Labute approximate surface area is 164 Å². The van der Waals surface area contributed by atoms with E-state index >= 15 is 0 Å². The van der Waals surface area contributed by atoms with Crippen LogP contribution in [0.25, 0.3) is 0 Å². The number of nitrogens with zero attached hydrogens (tertiary/aromatic N) is 2. The van der Waals surface area contributed by atoms with Crippen molar-refractivity contribution in [2.24, 2.45) is 0 Å². The molecule has 0 aliphatic heterocycles. The van der Waals surface area contributed by atoms with Gasteiger partial charge in [-0.25, -0.2) is 9.97 Å². The van der Waals surface area contributed by atoms with Crippen LogP contribution in [-0.4, -0.2) is 36.4 Å². The number of benzene rings is 1. The van der Waals surface area contributed by atoms with E-state index in [1.54, 1.807) is 14.2 Å². The molecule has 0 aliphatic rings. The third-order valence-electron chi connectivity index (χ3n) is 4.39. The number of methoxy groups -OCH3 is 2. The Morgan fingerprint density at radius 1 is 1.04 bits per heavy atom. The van der Waals surface area contributed by atoms with E-state index in [9.17, 15) is 4.79 Å². The van der Waals surface area contributed by atoms with Crippen LogP contribution >= 0.6 is 11.8 Å². The zero-order valence-corrected chi connectivity index (χ0v) is 17.5. The van der Waals surface area contributed by atoms with Gasteiger partial charge in [0.05, 0.1) is 14.2 Å². The predicted molar refractivity (Wildman–Crippen MR) is 106 cm³/mol. The second kappa shape index (κ2) is 9.60. The fourth-order valence-corrected chi connectivity index (χ4v) is 3.25. The predicted octanol–water partition coefficient (Wildman–Crippen LogP) is 3.82. The van der Waals surface area contributed by atoms with Crippen LogP contribution in [0.2, 0.25) is 0 Å². The Kier molecular flexibility index (Phi) is 7.47. The number of thioether (sulfide) groups is 1. The Balaban J connectivity index is 1.98. The molecule has 146 valence electrons. The molecule has 1 aromatic carbocycles. The molecule has 0 aliphatic carbocycles. The van der Waals surface area contributed by atoms with Crippen molar-refractivity contribution >= 4 is 17.7 Å². The van der Waals surface area contributed by atoms with E-state index in [1.165, 1.54) is 11.8 Å². The van der Waals surface area contributed by atoms with E-state index in [4.69, 9.17) is 14.2 Å². The van der Waals surface area contributed by atoms with Crippen molar-refractivity contribution in [3.8, 4) is 11.5 Å². The summed E-state index contributed by atoms with van der Waals surface area (Å²) in [6.07, 6.45) is 2.80. The molecule has 6 nitrogen and oxygen atoms in total. The molecular formula is C20H26N2O4S. The quantitative estimate of drug-likeness (QED) is 0.385. The van der Waals surface area contributed by atoms with Gasteiger partial charge in [0.1, 0.15) is 6.61 Å². The first-order valence-corrected chi connectivity index (χ1v) is 9.87. The van der Waals surface area contributed by atoms with Crippen molar-refractivity contribution in [1.82, 2.24) is 9.97 Å². The van der Waals surface area contributed by atoms with Crippen LogP contribution in [0, 0.1) is 20.8 Å². The van der Waals surface area contributed by atoms with Gasteiger partial charge in [-0.3, -0.25) is 4.79 Å². The second-order valence-electron chi connectivity index (χ2n) is 6.15. The normalized spacial score (nSPS) is 10.6. The van der Waals surface area contributed by atoms with E-state index in [-0.39, 0.29) is 19.0 Å². The largest absolute Gasteiger partial charge is 0.493 e. The highest BCUT2D eigenvalue weighted by Crippen LogP contribution is 2.30. The minimum atomic E-state index is -0.253. The van der Waals surface area contributed by atoms with Gasteiger partial charge < -0.3 is 14.2 Å². The van der Waals surface area contributed by atoms with Gasteiger partial charge in [-0.05, 0) is 62.3 Å². The Morgan fingerprint density at radius 2 is 1.63 bits per heavy atom. The van der Waals surface area contributed by atoms with Gasteiger partial charge in [0.2, 0.25) is 0 Å². The summed E-state index contributed by atoms with van der Waals surface area (Å²) in [4.78, 5) is 21.1. The van der Waals surface area contributed by atoms with Crippen molar-refractivity contribution in [2.45, 2.75) is 45.4 Å². The molecule has 0 saturated carbocycles. The van der Waals surface area contributed by atoms with Gasteiger partial charge in [-0.15, -0.1) is 0 Å². The molecule has 0 bridgehead atoms. The summed E-state index contributed by atoms with van der Waals surface area (Å²) in [5.41, 5.74) is 4.70. The van der Waals surface area contributed by atoms with Gasteiger partial charge in [-0.1, -0.05) is 11.8 Å². The zero-order chi connectivity index (χ0) is 20.0. The average Bonchev–Trinajstić information content (AvgIpc) is 2.65. The molecule has 0 amide bonds.